The van der Waals surface area contributed by atoms with Crippen LogP contribution in [0.15, 0.2) is 24.5 Å². The summed E-state index contributed by atoms with van der Waals surface area (Å²) in [5, 5.41) is 16.4. The minimum atomic E-state index is 0.0286. The maximum absolute atomic E-state index is 8.48. The fraction of sp³-hybridized carbons (Fsp3) is 0.400. The van der Waals surface area contributed by atoms with E-state index in [1.165, 1.54) is 0 Å². The Kier molecular flexibility index (Phi) is 5.01. The second-order valence-electron chi connectivity index (χ2n) is 3.25. The number of hydrogen-bond acceptors (Lipinski definition) is 3. The molecule has 0 aliphatic carbocycles. The fourth-order valence-electron chi connectivity index (χ4n) is 1.08. The average Bonchev–Trinajstić information content (AvgIpc) is 2.88. The van der Waals surface area contributed by atoms with Crippen molar-refractivity contribution in [3.8, 4) is 0 Å². The molecule has 0 unspecified atom stereocenters. The van der Waals surface area contributed by atoms with Crippen molar-refractivity contribution in [2.24, 2.45) is 14.1 Å². The highest BCUT2D eigenvalue weighted by Gasteiger charge is 1.90. The Balaban J connectivity index is 0.000000160. The van der Waals surface area contributed by atoms with E-state index in [0.717, 1.165) is 5.69 Å². The number of aromatic nitrogens is 4. The van der Waals surface area contributed by atoms with Gasteiger partial charge in [0.2, 0.25) is 0 Å². The van der Waals surface area contributed by atoms with E-state index in [0.29, 0.717) is 11.6 Å². The molecule has 5 nitrogen and oxygen atoms in total. The van der Waals surface area contributed by atoms with Crippen LogP contribution in [0, 0.1) is 0 Å². The molecule has 0 aliphatic rings. The summed E-state index contributed by atoms with van der Waals surface area (Å²) in [7, 11) is 3.69. The molecule has 2 aromatic heterocycles. The predicted molar refractivity (Wildman–Crippen MR) is 61.9 cm³/mol. The van der Waals surface area contributed by atoms with E-state index in [4.69, 9.17) is 16.7 Å². The Labute approximate surface area is 99.3 Å². The summed E-state index contributed by atoms with van der Waals surface area (Å²) >= 11 is 5.46. The van der Waals surface area contributed by atoms with Crippen LogP contribution >= 0.6 is 11.6 Å². The topological polar surface area (TPSA) is 55.9 Å². The largest absolute Gasteiger partial charge is 0.390 e. The number of aliphatic hydroxyl groups excluding tert-OH is 1. The third-order valence-electron chi connectivity index (χ3n) is 1.84. The number of rotatable bonds is 2. The zero-order valence-corrected chi connectivity index (χ0v) is 10.1. The molecule has 1 N–H and O–H groups in total. The van der Waals surface area contributed by atoms with Crippen LogP contribution < -0.4 is 0 Å². The summed E-state index contributed by atoms with van der Waals surface area (Å²) in [5.41, 5.74) is 1.64. The summed E-state index contributed by atoms with van der Waals surface area (Å²) in [6.45, 7) is 0.0286. The highest BCUT2D eigenvalue weighted by molar-refractivity contribution is 6.16. The normalized spacial score (nSPS) is 9.75. The maximum atomic E-state index is 8.48. The second kappa shape index (κ2) is 6.30. The van der Waals surface area contributed by atoms with Crippen molar-refractivity contribution < 1.29 is 5.11 Å². The highest BCUT2D eigenvalue weighted by atomic mass is 35.5. The van der Waals surface area contributed by atoms with Gasteiger partial charge in [-0.15, -0.1) is 11.6 Å². The minimum absolute atomic E-state index is 0.0286. The van der Waals surface area contributed by atoms with Crippen molar-refractivity contribution in [2.75, 3.05) is 0 Å². The van der Waals surface area contributed by atoms with Crippen LogP contribution in [0.2, 0.25) is 0 Å². The van der Waals surface area contributed by atoms with Crippen molar-refractivity contribution in [1.82, 2.24) is 19.6 Å². The smallest absolute Gasteiger partial charge is 0.0878 e. The molecular formula is C10H15ClN4O. The molecule has 6 heteroatoms. The number of halogens is 1. The quantitative estimate of drug-likeness (QED) is 0.802. The van der Waals surface area contributed by atoms with Crippen molar-refractivity contribution in [3.63, 3.8) is 0 Å². The Morgan fingerprint density at radius 1 is 1.12 bits per heavy atom. The van der Waals surface area contributed by atoms with Crippen molar-refractivity contribution >= 4 is 11.6 Å². The average molecular weight is 243 g/mol. The molecule has 0 bridgehead atoms. The van der Waals surface area contributed by atoms with E-state index >= 15 is 0 Å². The third kappa shape index (κ3) is 4.04. The molecule has 16 heavy (non-hydrogen) atoms. The van der Waals surface area contributed by atoms with Crippen LogP contribution in [0.4, 0.5) is 0 Å². The molecule has 0 aromatic carbocycles. The van der Waals surface area contributed by atoms with E-state index < -0.39 is 0 Å². The van der Waals surface area contributed by atoms with E-state index in [1.807, 2.05) is 26.4 Å². The van der Waals surface area contributed by atoms with Crippen molar-refractivity contribution in [2.45, 2.75) is 12.5 Å². The van der Waals surface area contributed by atoms with Gasteiger partial charge in [-0.05, 0) is 12.1 Å². The molecule has 0 fully saturated rings. The van der Waals surface area contributed by atoms with Crippen LogP contribution in [-0.4, -0.2) is 24.7 Å². The summed E-state index contributed by atoms with van der Waals surface area (Å²) < 4.78 is 3.39. The molecule has 0 aliphatic heterocycles. The number of hydrogen-bond donors (Lipinski definition) is 1. The van der Waals surface area contributed by atoms with Gasteiger partial charge in [-0.1, -0.05) is 0 Å². The second-order valence-corrected chi connectivity index (χ2v) is 3.52. The molecule has 0 radical (unpaired) electrons. The number of aliphatic hydroxyl groups is 1. The summed E-state index contributed by atoms with van der Waals surface area (Å²) in [4.78, 5) is 0. The maximum Gasteiger partial charge on any atom is 0.0878 e. The van der Waals surface area contributed by atoms with Gasteiger partial charge in [0.1, 0.15) is 0 Å². The molecule has 0 spiro atoms. The first-order valence-electron chi connectivity index (χ1n) is 4.79. The summed E-state index contributed by atoms with van der Waals surface area (Å²) in [6.07, 6.45) is 3.67. The zero-order valence-electron chi connectivity index (χ0n) is 9.34. The lowest BCUT2D eigenvalue weighted by molar-refractivity contribution is 0.275. The fourth-order valence-corrected chi connectivity index (χ4v) is 1.22. The standard InChI is InChI=1S/C5H7ClN2.C5H8N2O/c1-8-3-2-5(4-6)7-8;1-7-3-2-5(4-8)6-7/h2-3H,4H2,1H3;2-3,8H,4H2,1H3. The van der Waals surface area contributed by atoms with E-state index in [-0.39, 0.29) is 6.61 Å². The first-order chi connectivity index (χ1) is 7.65. The molecule has 0 saturated carbocycles. The lowest BCUT2D eigenvalue weighted by Crippen LogP contribution is -1.89. The van der Waals surface area contributed by atoms with Gasteiger partial charge in [0, 0.05) is 26.5 Å². The third-order valence-corrected chi connectivity index (χ3v) is 2.11. The Hall–Kier alpha value is -1.33. The first kappa shape index (κ1) is 12.7. The first-order valence-corrected chi connectivity index (χ1v) is 5.33. The van der Waals surface area contributed by atoms with Crippen molar-refractivity contribution in [3.05, 3.63) is 35.9 Å². The predicted octanol–water partition coefficient (Wildman–Crippen LogP) is 1.07. The molecule has 88 valence electrons. The number of alkyl halides is 1. The molecular weight excluding hydrogens is 228 g/mol. The minimum Gasteiger partial charge on any atom is -0.390 e. The highest BCUT2D eigenvalue weighted by Crippen LogP contribution is 1.96. The van der Waals surface area contributed by atoms with Gasteiger partial charge in [0.25, 0.3) is 0 Å². The molecule has 2 heterocycles. The Bertz CT molecular complexity index is 384. The van der Waals surface area contributed by atoms with Gasteiger partial charge >= 0.3 is 0 Å². The van der Waals surface area contributed by atoms with Gasteiger partial charge in [-0.2, -0.15) is 10.2 Å². The monoisotopic (exact) mass is 242 g/mol. The number of aryl methyl sites for hydroxylation is 2. The van der Waals surface area contributed by atoms with Gasteiger partial charge in [-0.25, -0.2) is 0 Å². The summed E-state index contributed by atoms with van der Waals surface area (Å²) in [6, 6.07) is 3.67. The SMILES string of the molecule is Cn1ccc(CCl)n1.Cn1ccc(CO)n1. The van der Waals surface area contributed by atoms with Gasteiger partial charge in [0.05, 0.1) is 23.9 Å². The van der Waals surface area contributed by atoms with Gasteiger partial charge in [0.15, 0.2) is 0 Å². The molecule has 0 atom stereocenters. The molecule has 0 saturated heterocycles. The lowest BCUT2D eigenvalue weighted by Gasteiger charge is -1.83. The zero-order chi connectivity index (χ0) is 12.0. The molecule has 2 rings (SSSR count). The van der Waals surface area contributed by atoms with E-state index in [2.05, 4.69) is 10.2 Å². The van der Waals surface area contributed by atoms with Crippen molar-refractivity contribution in [1.29, 1.82) is 0 Å². The molecule has 2 aromatic rings. The van der Waals surface area contributed by atoms with Crippen LogP contribution in [-0.2, 0) is 26.6 Å². The molecule has 0 amide bonds. The van der Waals surface area contributed by atoms with Crippen LogP contribution in [0.1, 0.15) is 11.4 Å². The van der Waals surface area contributed by atoms with Crippen LogP contribution in [0.25, 0.3) is 0 Å². The van der Waals surface area contributed by atoms with Crippen LogP contribution in [0.3, 0.4) is 0 Å². The lowest BCUT2D eigenvalue weighted by atomic mass is 10.5. The Morgan fingerprint density at radius 3 is 1.81 bits per heavy atom. The van der Waals surface area contributed by atoms with Gasteiger partial charge in [-0.3, -0.25) is 9.36 Å². The Morgan fingerprint density at radius 2 is 1.62 bits per heavy atom. The van der Waals surface area contributed by atoms with Crippen LogP contribution in [0.5, 0.6) is 0 Å². The number of nitrogens with zero attached hydrogens (tertiary/aromatic N) is 4. The van der Waals surface area contributed by atoms with Gasteiger partial charge < -0.3 is 5.11 Å². The summed E-state index contributed by atoms with van der Waals surface area (Å²) in [5.74, 6) is 0.501. The van der Waals surface area contributed by atoms with E-state index in [1.54, 1.807) is 21.6 Å². The van der Waals surface area contributed by atoms with E-state index in [9.17, 15) is 0 Å².